The summed E-state index contributed by atoms with van der Waals surface area (Å²) in [5, 5.41) is 1.02. The summed E-state index contributed by atoms with van der Waals surface area (Å²) in [6, 6.07) is 4.02. The molecule has 0 aliphatic carbocycles. The maximum Gasteiger partial charge on any atom is 0.185 e. The molecule has 0 aromatic carbocycles. The van der Waals surface area contributed by atoms with Crippen LogP contribution in [0, 0.1) is 0 Å². The smallest absolute Gasteiger partial charge is 0.185 e. The Morgan fingerprint density at radius 3 is 2.83 bits per heavy atom. The Morgan fingerprint density at radius 1 is 1.44 bits per heavy atom. The van der Waals surface area contributed by atoms with Crippen LogP contribution in [0.5, 0.6) is 0 Å². The van der Waals surface area contributed by atoms with Crippen LogP contribution >= 0.6 is 11.3 Å². The first kappa shape index (κ1) is 13.0. The Bertz CT molecular complexity index is 473. The minimum Gasteiger partial charge on any atom is -0.347 e. The van der Waals surface area contributed by atoms with E-state index in [0.717, 1.165) is 23.8 Å². The van der Waals surface area contributed by atoms with E-state index < -0.39 is 0 Å². The van der Waals surface area contributed by atoms with Gasteiger partial charge in [-0.3, -0.25) is 4.98 Å². The first-order valence-electron chi connectivity index (χ1n) is 6.03. The molecule has 2 aromatic rings. The SMILES string of the molecule is CCc1nc(N(C)Cc2cccnc2)sc1CN. The van der Waals surface area contributed by atoms with Crippen molar-refractivity contribution in [3.8, 4) is 0 Å². The molecule has 0 saturated carbocycles. The van der Waals surface area contributed by atoms with Crippen molar-refractivity contribution >= 4 is 16.5 Å². The Kier molecular flexibility index (Phi) is 4.28. The van der Waals surface area contributed by atoms with Gasteiger partial charge >= 0.3 is 0 Å². The number of pyridine rings is 1. The maximum atomic E-state index is 5.73. The molecule has 0 aliphatic rings. The van der Waals surface area contributed by atoms with Gasteiger partial charge in [0.2, 0.25) is 0 Å². The van der Waals surface area contributed by atoms with E-state index in [2.05, 4.69) is 27.9 Å². The summed E-state index contributed by atoms with van der Waals surface area (Å²) in [5.41, 5.74) is 8.04. The van der Waals surface area contributed by atoms with Gasteiger partial charge in [0, 0.05) is 37.4 Å². The fraction of sp³-hybridized carbons (Fsp3) is 0.385. The van der Waals surface area contributed by atoms with Crippen LogP contribution < -0.4 is 10.6 Å². The highest BCUT2D eigenvalue weighted by Gasteiger charge is 2.12. The van der Waals surface area contributed by atoms with E-state index in [4.69, 9.17) is 5.73 Å². The molecule has 96 valence electrons. The first-order chi connectivity index (χ1) is 8.74. The Balaban J connectivity index is 2.13. The lowest BCUT2D eigenvalue weighted by molar-refractivity contribution is 0.894. The molecule has 2 N–H and O–H groups in total. The number of hydrogen-bond donors (Lipinski definition) is 1. The summed E-state index contributed by atoms with van der Waals surface area (Å²) in [5.74, 6) is 0. The van der Waals surface area contributed by atoms with Crippen molar-refractivity contribution in [2.75, 3.05) is 11.9 Å². The predicted molar refractivity (Wildman–Crippen MR) is 75.7 cm³/mol. The second-order valence-corrected chi connectivity index (χ2v) is 5.20. The van der Waals surface area contributed by atoms with Gasteiger partial charge in [0.1, 0.15) is 0 Å². The summed E-state index contributed by atoms with van der Waals surface area (Å²) in [6.45, 7) is 3.50. The van der Waals surface area contributed by atoms with Gasteiger partial charge in [-0.1, -0.05) is 13.0 Å². The van der Waals surface area contributed by atoms with E-state index in [0.29, 0.717) is 6.54 Å². The van der Waals surface area contributed by atoms with Gasteiger partial charge in [0.05, 0.1) is 5.69 Å². The van der Waals surface area contributed by atoms with E-state index in [-0.39, 0.29) is 0 Å². The zero-order chi connectivity index (χ0) is 13.0. The molecule has 0 amide bonds. The van der Waals surface area contributed by atoms with E-state index in [1.807, 2.05) is 19.3 Å². The average Bonchev–Trinajstić information content (AvgIpc) is 2.83. The van der Waals surface area contributed by atoms with Crippen LogP contribution in [0.15, 0.2) is 24.5 Å². The number of hydrogen-bond acceptors (Lipinski definition) is 5. The second-order valence-electron chi connectivity index (χ2n) is 4.14. The summed E-state index contributed by atoms with van der Waals surface area (Å²) < 4.78 is 0. The number of nitrogens with two attached hydrogens (primary N) is 1. The van der Waals surface area contributed by atoms with Crippen molar-refractivity contribution in [1.82, 2.24) is 9.97 Å². The summed E-state index contributed by atoms with van der Waals surface area (Å²) in [7, 11) is 2.05. The van der Waals surface area contributed by atoms with Gasteiger partial charge in [-0.2, -0.15) is 0 Å². The van der Waals surface area contributed by atoms with Crippen LogP contribution in [0.2, 0.25) is 0 Å². The molecule has 0 aliphatic heterocycles. The molecule has 0 bridgehead atoms. The standard InChI is InChI=1S/C13H18N4S/c1-3-11-12(7-14)18-13(16-11)17(2)9-10-5-4-6-15-8-10/h4-6,8H,3,7,9,14H2,1-2H3. The molecule has 18 heavy (non-hydrogen) atoms. The largest absolute Gasteiger partial charge is 0.347 e. The van der Waals surface area contributed by atoms with E-state index in [1.54, 1.807) is 17.5 Å². The molecule has 5 heteroatoms. The molecule has 0 radical (unpaired) electrons. The third-order valence-corrected chi connectivity index (χ3v) is 3.99. The topological polar surface area (TPSA) is 55.0 Å². The van der Waals surface area contributed by atoms with Crippen LogP contribution in [0.1, 0.15) is 23.1 Å². The third-order valence-electron chi connectivity index (χ3n) is 2.76. The summed E-state index contributed by atoms with van der Waals surface area (Å²) in [4.78, 5) is 12.1. The van der Waals surface area contributed by atoms with Crippen molar-refractivity contribution < 1.29 is 0 Å². The second kappa shape index (κ2) is 5.93. The number of rotatable bonds is 5. The van der Waals surface area contributed by atoms with Crippen molar-refractivity contribution in [2.45, 2.75) is 26.4 Å². The quantitative estimate of drug-likeness (QED) is 0.897. The highest BCUT2D eigenvalue weighted by Crippen LogP contribution is 2.26. The third kappa shape index (κ3) is 2.86. The number of aromatic nitrogens is 2. The first-order valence-corrected chi connectivity index (χ1v) is 6.85. The minimum absolute atomic E-state index is 0.571. The molecule has 4 nitrogen and oxygen atoms in total. The fourth-order valence-corrected chi connectivity index (χ4v) is 2.79. The Hall–Kier alpha value is -1.46. The zero-order valence-electron chi connectivity index (χ0n) is 10.8. The van der Waals surface area contributed by atoms with Crippen LogP contribution in [0.4, 0.5) is 5.13 Å². The molecule has 2 heterocycles. The van der Waals surface area contributed by atoms with Gasteiger partial charge in [0.15, 0.2) is 5.13 Å². The highest BCUT2D eigenvalue weighted by atomic mass is 32.1. The highest BCUT2D eigenvalue weighted by molar-refractivity contribution is 7.15. The van der Waals surface area contributed by atoms with E-state index >= 15 is 0 Å². The van der Waals surface area contributed by atoms with Crippen LogP contribution in [0.25, 0.3) is 0 Å². The molecule has 0 fully saturated rings. The van der Waals surface area contributed by atoms with Crippen molar-refractivity contribution in [1.29, 1.82) is 0 Å². The number of aryl methyl sites for hydroxylation is 1. The molecule has 0 spiro atoms. The predicted octanol–water partition coefficient (Wildman–Crippen LogP) is 2.20. The van der Waals surface area contributed by atoms with Crippen LogP contribution in [0.3, 0.4) is 0 Å². The lowest BCUT2D eigenvalue weighted by Gasteiger charge is -2.15. The number of anilines is 1. The fourth-order valence-electron chi connectivity index (χ4n) is 1.80. The van der Waals surface area contributed by atoms with Crippen LogP contribution in [-0.4, -0.2) is 17.0 Å². The number of thiazole rings is 1. The van der Waals surface area contributed by atoms with Gasteiger partial charge in [-0.15, -0.1) is 11.3 Å². The molecule has 2 aromatic heterocycles. The Morgan fingerprint density at radius 2 is 2.28 bits per heavy atom. The van der Waals surface area contributed by atoms with Gasteiger partial charge in [0.25, 0.3) is 0 Å². The van der Waals surface area contributed by atoms with Crippen LogP contribution in [-0.2, 0) is 19.5 Å². The van der Waals surface area contributed by atoms with Crippen molar-refractivity contribution in [3.63, 3.8) is 0 Å². The monoisotopic (exact) mass is 262 g/mol. The normalized spacial score (nSPS) is 10.6. The van der Waals surface area contributed by atoms with Crippen molar-refractivity contribution in [3.05, 3.63) is 40.7 Å². The molecule has 0 atom stereocenters. The number of nitrogens with zero attached hydrogens (tertiary/aromatic N) is 3. The van der Waals surface area contributed by atoms with E-state index in [9.17, 15) is 0 Å². The maximum absolute atomic E-state index is 5.73. The van der Waals surface area contributed by atoms with Gasteiger partial charge < -0.3 is 10.6 Å². The zero-order valence-corrected chi connectivity index (χ0v) is 11.6. The molecular weight excluding hydrogens is 244 g/mol. The molecule has 0 saturated heterocycles. The molecule has 2 rings (SSSR count). The van der Waals surface area contributed by atoms with Gasteiger partial charge in [-0.05, 0) is 18.1 Å². The minimum atomic E-state index is 0.571. The summed E-state index contributed by atoms with van der Waals surface area (Å²) >= 11 is 1.68. The molecular formula is C13H18N4S. The average molecular weight is 262 g/mol. The lowest BCUT2D eigenvalue weighted by atomic mass is 10.3. The van der Waals surface area contributed by atoms with Gasteiger partial charge in [-0.25, -0.2) is 4.98 Å². The van der Waals surface area contributed by atoms with Crippen molar-refractivity contribution in [2.24, 2.45) is 5.73 Å². The van der Waals surface area contributed by atoms with E-state index in [1.165, 1.54) is 10.4 Å². The summed E-state index contributed by atoms with van der Waals surface area (Å²) in [6.07, 6.45) is 4.60. The lowest BCUT2D eigenvalue weighted by Crippen LogP contribution is -2.16. The molecule has 0 unspecified atom stereocenters. The Labute approximate surface area is 111 Å².